The van der Waals surface area contributed by atoms with Gasteiger partial charge in [0.05, 0.1) is 18.5 Å². The third-order valence-electron chi connectivity index (χ3n) is 4.05. The minimum atomic E-state index is -0.318. The summed E-state index contributed by atoms with van der Waals surface area (Å²) in [6, 6.07) is 7.11. The zero-order valence-corrected chi connectivity index (χ0v) is 16.4. The summed E-state index contributed by atoms with van der Waals surface area (Å²) in [4.78, 5) is 14.6. The summed E-state index contributed by atoms with van der Waals surface area (Å²) in [6.45, 7) is 7.63. The van der Waals surface area contributed by atoms with Gasteiger partial charge >= 0.3 is 0 Å². The van der Waals surface area contributed by atoms with Crippen LogP contribution in [-0.4, -0.2) is 52.2 Å². The monoisotopic (exact) mass is 395 g/mol. The summed E-state index contributed by atoms with van der Waals surface area (Å²) < 4.78 is 7.44. The molecule has 1 aromatic heterocycles. The lowest BCUT2D eigenvalue weighted by molar-refractivity contribution is -0.115. The fraction of sp³-hybridized carbons (Fsp3) is 0.471. The highest BCUT2D eigenvalue weighted by Crippen LogP contribution is 2.27. The molecule has 0 aliphatic carbocycles. The zero-order chi connectivity index (χ0) is 18.5. The van der Waals surface area contributed by atoms with Gasteiger partial charge in [0, 0.05) is 30.3 Å². The molecule has 1 atom stereocenters. The molecule has 9 heteroatoms. The van der Waals surface area contributed by atoms with E-state index in [1.54, 1.807) is 18.2 Å². The maximum atomic E-state index is 12.5. The summed E-state index contributed by atoms with van der Waals surface area (Å²) >= 11 is 7.36. The summed E-state index contributed by atoms with van der Waals surface area (Å²) in [5, 5.41) is 12.5. The minimum absolute atomic E-state index is 0.101. The fourth-order valence-corrected chi connectivity index (χ4v) is 3.76. The molecule has 1 aliphatic rings. The van der Waals surface area contributed by atoms with E-state index in [2.05, 4.69) is 20.4 Å². The highest BCUT2D eigenvalue weighted by Gasteiger charge is 2.23. The van der Waals surface area contributed by atoms with Crippen molar-refractivity contribution in [1.82, 2.24) is 14.8 Å². The lowest BCUT2D eigenvalue weighted by atomic mass is 10.3. The molecule has 1 N–H and O–H groups in total. The van der Waals surface area contributed by atoms with Gasteiger partial charge in [-0.2, -0.15) is 0 Å². The molecule has 2 aromatic rings. The Bertz CT molecular complexity index is 763. The Kier molecular flexibility index (Phi) is 6.39. The van der Waals surface area contributed by atoms with E-state index in [1.165, 1.54) is 11.8 Å². The number of amides is 1. The quantitative estimate of drug-likeness (QED) is 0.758. The van der Waals surface area contributed by atoms with E-state index in [0.717, 1.165) is 30.7 Å². The molecule has 0 unspecified atom stereocenters. The lowest BCUT2D eigenvalue weighted by Gasteiger charge is -2.27. The molecule has 0 saturated carbocycles. The van der Waals surface area contributed by atoms with Gasteiger partial charge in [-0.15, -0.1) is 10.2 Å². The maximum Gasteiger partial charge on any atom is 0.237 e. The molecule has 0 radical (unpaired) electrons. The van der Waals surface area contributed by atoms with E-state index >= 15 is 0 Å². The smallest absolute Gasteiger partial charge is 0.237 e. The molecule has 0 bridgehead atoms. The SMILES string of the molecule is CCn1c(S[C@H](C)C(=O)Nc2cccc(Cl)c2)nnc1N1CCOCC1. The lowest BCUT2D eigenvalue weighted by Crippen LogP contribution is -2.38. The molecule has 7 nitrogen and oxygen atoms in total. The van der Waals surface area contributed by atoms with E-state index < -0.39 is 0 Å². The van der Waals surface area contributed by atoms with Crippen molar-refractivity contribution >= 4 is 40.9 Å². The standard InChI is InChI=1S/C17H22ClN5O2S/c1-3-23-16(22-7-9-25-10-8-22)20-21-17(23)26-12(2)15(24)19-14-6-4-5-13(18)11-14/h4-6,11-12H,3,7-10H2,1-2H3,(H,19,24)/t12-/m1/s1. The number of ether oxygens (including phenoxy) is 1. The Morgan fingerprint density at radius 3 is 2.85 bits per heavy atom. The van der Waals surface area contributed by atoms with Crippen molar-refractivity contribution in [2.24, 2.45) is 0 Å². The number of halogens is 1. The summed E-state index contributed by atoms with van der Waals surface area (Å²) in [5.74, 6) is 0.733. The van der Waals surface area contributed by atoms with Crippen LogP contribution < -0.4 is 10.2 Å². The van der Waals surface area contributed by atoms with Crippen molar-refractivity contribution in [2.75, 3.05) is 36.5 Å². The minimum Gasteiger partial charge on any atom is -0.378 e. The number of benzene rings is 1. The van der Waals surface area contributed by atoms with Gasteiger partial charge in [-0.25, -0.2) is 0 Å². The number of anilines is 2. The Morgan fingerprint density at radius 2 is 2.15 bits per heavy atom. The number of nitrogens with zero attached hydrogens (tertiary/aromatic N) is 4. The second-order valence-electron chi connectivity index (χ2n) is 5.89. The van der Waals surface area contributed by atoms with Crippen molar-refractivity contribution in [3.63, 3.8) is 0 Å². The number of hydrogen-bond donors (Lipinski definition) is 1. The predicted octanol–water partition coefficient (Wildman–Crippen LogP) is 2.91. The normalized spacial score (nSPS) is 15.7. The molecule has 1 fully saturated rings. The van der Waals surface area contributed by atoms with Gasteiger partial charge in [-0.05, 0) is 32.0 Å². The van der Waals surface area contributed by atoms with Crippen LogP contribution in [0.5, 0.6) is 0 Å². The molecule has 140 valence electrons. The third-order valence-corrected chi connectivity index (χ3v) is 5.37. The third kappa shape index (κ3) is 4.49. The Balaban J connectivity index is 1.67. The van der Waals surface area contributed by atoms with E-state index in [4.69, 9.17) is 16.3 Å². The molecule has 1 aliphatic heterocycles. The van der Waals surface area contributed by atoms with Crippen LogP contribution in [0.1, 0.15) is 13.8 Å². The summed E-state index contributed by atoms with van der Waals surface area (Å²) in [6.07, 6.45) is 0. The maximum absolute atomic E-state index is 12.5. The number of nitrogens with one attached hydrogen (secondary N) is 1. The number of rotatable bonds is 6. The van der Waals surface area contributed by atoms with Crippen LogP contribution >= 0.6 is 23.4 Å². The van der Waals surface area contributed by atoms with Gasteiger partial charge in [0.1, 0.15) is 0 Å². The average molecular weight is 396 g/mol. The predicted molar refractivity (Wildman–Crippen MR) is 104 cm³/mol. The molecular formula is C17H22ClN5O2S. The highest BCUT2D eigenvalue weighted by molar-refractivity contribution is 8.00. The van der Waals surface area contributed by atoms with Gasteiger partial charge in [-0.3, -0.25) is 9.36 Å². The Labute approximate surface area is 162 Å². The summed E-state index contributed by atoms with van der Waals surface area (Å²) in [7, 11) is 0. The van der Waals surface area contributed by atoms with Crippen LogP contribution in [0.25, 0.3) is 0 Å². The van der Waals surface area contributed by atoms with E-state index in [0.29, 0.717) is 23.9 Å². The van der Waals surface area contributed by atoms with Crippen LogP contribution in [0.15, 0.2) is 29.4 Å². The first-order valence-corrected chi connectivity index (χ1v) is 9.83. The fourth-order valence-electron chi connectivity index (χ4n) is 2.66. The number of morpholine rings is 1. The number of hydrogen-bond acceptors (Lipinski definition) is 6. The molecule has 1 aromatic carbocycles. The number of thioether (sulfide) groups is 1. The van der Waals surface area contributed by atoms with Crippen LogP contribution in [0, 0.1) is 0 Å². The molecular weight excluding hydrogens is 374 g/mol. The first kappa shape index (κ1) is 19.0. The van der Waals surface area contributed by atoms with Gasteiger partial charge in [0.2, 0.25) is 11.9 Å². The van der Waals surface area contributed by atoms with Crippen LogP contribution in [0.2, 0.25) is 5.02 Å². The van der Waals surface area contributed by atoms with Crippen molar-refractivity contribution in [3.8, 4) is 0 Å². The first-order valence-electron chi connectivity index (χ1n) is 8.57. The molecule has 26 heavy (non-hydrogen) atoms. The second kappa shape index (κ2) is 8.75. The van der Waals surface area contributed by atoms with Crippen LogP contribution in [0.3, 0.4) is 0 Å². The molecule has 0 spiro atoms. The van der Waals surface area contributed by atoms with E-state index in [9.17, 15) is 4.79 Å². The van der Waals surface area contributed by atoms with Crippen molar-refractivity contribution in [1.29, 1.82) is 0 Å². The topological polar surface area (TPSA) is 72.3 Å². The first-order chi connectivity index (χ1) is 12.6. The summed E-state index contributed by atoms with van der Waals surface area (Å²) in [5.41, 5.74) is 0.681. The molecule has 1 amide bonds. The van der Waals surface area contributed by atoms with E-state index in [1.807, 2.05) is 24.5 Å². The second-order valence-corrected chi connectivity index (χ2v) is 7.63. The number of carbonyl (C=O) groups excluding carboxylic acids is 1. The van der Waals surface area contributed by atoms with Crippen LogP contribution in [0.4, 0.5) is 11.6 Å². The van der Waals surface area contributed by atoms with Gasteiger partial charge in [0.25, 0.3) is 0 Å². The zero-order valence-electron chi connectivity index (χ0n) is 14.8. The van der Waals surface area contributed by atoms with Crippen molar-refractivity contribution in [2.45, 2.75) is 30.8 Å². The highest BCUT2D eigenvalue weighted by atomic mass is 35.5. The molecule has 1 saturated heterocycles. The van der Waals surface area contributed by atoms with E-state index in [-0.39, 0.29) is 11.2 Å². The molecule has 3 rings (SSSR count). The van der Waals surface area contributed by atoms with Crippen molar-refractivity contribution in [3.05, 3.63) is 29.3 Å². The largest absolute Gasteiger partial charge is 0.378 e. The number of aromatic nitrogens is 3. The van der Waals surface area contributed by atoms with Crippen molar-refractivity contribution < 1.29 is 9.53 Å². The van der Waals surface area contributed by atoms with Gasteiger partial charge in [-0.1, -0.05) is 29.4 Å². The number of carbonyl (C=O) groups is 1. The Morgan fingerprint density at radius 1 is 1.38 bits per heavy atom. The Hall–Kier alpha value is -1.77. The van der Waals surface area contributed by atoms with Gasteiger partial charge in [0.15, 0.2) is 5.16 Å². The average Bonchev–Trinajstić information content (AvgIpc) is 3.05. The van der Waals surface area contributed by atoms with Gasteiger partial charge < -0.3 is 15.0 Å². The van der Waals surface area contributed by atoms with Crippen LogP contribution in [-0.2, 0) is 16.1 Å². The molecule has 2 heterocycles.